The zero-order chi connectivity index (χ0) is 14.9. The number of rotatable bonds is 2. The summed E-state index contributed by atoms with van der Waals surface area (Å²) < 4.78 is 5.43. The molecule has 1 atom stereocenters. The standard InChI is InChI=1S/C16H17Cl2N3O/c17-11-2-1-10-13(12(11)18)22-20-15(10)19-14-9-3-7-21(8-4-9)16(14)5-6-16/h1-2,9,14H,3-8H2,(H,19,20)/t14-/m1/s1. The summed E-state index contributed by atoms with van der Waals surface area (Å²) in [4.78, 5) is 2.68. The number of fused-ring (bicyclic) bond motifs is 3. The molecule has 6 rings (SSSR count). The molecule has 1 N–H and O–H groups in total. The second kappa shape index (κ2) is 4.53. The molecule has 2 aromatic rings. The first-order valence-corrected chi connectivity index (χ1v) is 8.70. The number of hydrogen-bond donors (Lipinski definition) is 1. The Bertz CT molecular complexity index is 747. The molecule has 1 aromatic carbocycles. The van der Waals surface area contributed by atoms with Crippen LogP contribution in [0, 0.1) is 5.92 Å². The van der Waals surface area contributed by atoms with Crippen LogP contribution >= 0.6 is 23.2 Å². The zero-order valence-corrected chi connectivity index (χ0v) is 13.6. The van der Waals surface area contributed by atoms with Crippen LogP contribution in [0.3, 0.4) is 0 Å². The van der Waals surface area contributed by atoms with Gasteiger partial charge in [-0.3, -0.25) is 4.90 Å². The lowest BCUT2D eigenvalue weighted by molar-refractivity contribution is 0.0202. The van der Waals surface area contributed by atoms with Gasteiger partial charge < -0.3 is 9.84 Å². The van der Waals surface area contributed by atoms with Crippen LogP contribution in [0.1, 0.15) is 25.7 Å². The highest BCUT2D eigenvalue weighted by Gasteiger charge is 2.60. The van der Waals surface area contributed by atoms with Gasteiger partial charge in [-0.25, -0.2) is 0 Å². The van der Waals surface area contributed by atoms with Gasteiger partial charge in [0.25, 0.3) is 0 Å². The highest BCUT2D eigenvalue weighted by Crippen LogP contribution is 2.54. The Hall–Kier alpha value is -0.970. The van der Waals surface area contributed by atoms with Gasteiger partial charge in [-0.1, -0.05) is 28.4 Å². The average molecular weight is 338 g/mol. The Kier molecular flexibility index (Phi) is 2.77. The number of nitrogens with one attached hydrogen (secondary N) is 1. The smallest absolute Gasteiger partial charge is 0.189 e. The van der Waals surface area contributed by atoms with E-state index in [2.05, 4.69) is 15.4 Å². The van der Waals surface area contributed by atoms with Crippen molar-refractivity contribution in [1.82, 2.24) is 10.1 Å². The molecule has 4 fully saturated rings. The van der Waals surface area contributed by atoms with E-state index in [4.69, 9.17) is 27.7 Å². The molecule has 0 amide bonds. The third-order valence-corrected chi connectivity index (χ3v) is 6.59. The predicted octanol–water partition coefficient (Wildman–Crippen LogP) is 4.17. The van der Waals surface area contributed by atoms with Crippen molar-refractivity contribution in [3.05, 3.63) is 22.2 Å². The van der Waals surface area contributed by atoms with E-state index >= 15 is 0 Å². The van der Waals surface area contributed by atoms with Crippen LogP contribution in [0.4, 0.5) is 5.82 Å². The van der Waals surface area contributed by atoms with Crippen LogP contribution in [0.15, 0.2) is 16.7 Å². The van der Waals surface area contributed by atoms with Crippen molar-refractivity contribution in [3.63, 3.8) is 0 Å². The molecule has 22 heavy (non-hydrogen) atoms. The number of piperidine rings is 3. The first-order valence-electron chi connectivity index (χ1n) is 7.94. The lowest BCUT2D eigenvalue weighted by atomic mass is 9.77. The van der Waals surface area contributed by atoms with E-state index in [0.29, 0.717) is 27.2 Å². The molecule has 4 nitrogen and oxygen atoms in total. The summed E-state index contributed by atoms with van der Waals surface area (Å²) in [6, 6.07) is 4.21. The molecule has 1 spiro atoms. The first kappa shape index (κ1) is 13.5. The molecular weight excluding hydrogens is 321 g/mol. The van der Waals surface area contributed by atoms with Gasteiger partial charge in [0.05, 0.1) is 10.4 Å². The SMILES string of the molecule is Clc1ccc2c(N[C@@H]3C4CCN(CC4)C34CC4)noc2c1Cl. The van der Waals surface area contributed by atoms with Gasteiger partial charge in [0.2, 0.25) is 0 Å². The second-order valence-electron chi connectivity index (χ2n) is 6.82. The van der Waals surface area contributed by atoms with Crippen molar-refractivity contribution in [2.75, 3.05) is 18.4 Å². The Morgan fingerprint density at radius 2 is 2.00 bits per heavy atom. The molecule has 3 aliphatic heterocycles. The number of halogens is 2. The number of nitrogens with zero attached hydrogens (tertiary/aromatic N) is 2. The molecule has 0 unspecified atom stereocenters. The summed E-state index contributed by atoms with van der Waals surface area (Å²) in [5.41, 5.74) is 0.936. The number of hydrogen-bond acceptors (Lipinski definition) is 4. The summed E-state index contributed by atoms with van der Waals surface area (Å²) in [5.74, 6) is 1.54. The molecule has 116 valence electrons. The minimum Gasteiger partial charge on any atom is -0.362 e. The van der Waals surface area contributed by atoms with Gasteiger partial charge in [-0.15, -0.1) is 0 Å². The summed E-state index contributed by atoms with van der Waals surface area (Å²) in [6.45, 7) is 2.51. The van der Waals surface area contributed by atoms with Gasteiger partial charge >= 0.3 is 0 Å². The Labute approximate surface area is 138 Å². The van der Waals surface area contributed by atoms with E-state index in [0.717, 1.165) is 17.1 Å². The molecule has 3 saturated heterocycles. The van der Waals surface area contributed by atoms with E-state index in [-0.39, 0.29) is 0 Å². The lowest BCUT2D eigenvalue weighted by Gasteiger charge is -2.52. The van der Waals surface area contributed by atoms with Crippen molar-refractivity contribution < 1.29 is 4.52 Å². The fourth-order valence-corrected chi connectivity index (χ4v) is 4.87. The summed E-state index contributed by atoms with van der Waals surface area (Å²) in [6.07, 6.45) is 5.15. The Morgan fingerprint density at radius 3 is 2.73 bits per heavy atom. The lowest BCUT2D eigenvalue weighted by Crippen LogP contribution is -2.62. The number of benzene rings is 1. The van der Waals surface area contributed by atoms with Crippen LogP contribution in [0.5, 0.6) is 0 Å². The molecule has 1 aromatic heterocycles. The van der Waals surface area contributed by atoms with Crippen molar-refractivity contribution >= 4 is 40.0 Å². The topological polar surface area (TPSA) is 41.3 Å². The molecule has 1 saturated carbocycles. The van der Waals surface area contributed by atoms with Gasteiger partial charge in [0, 0.05) is 11.6 Å². The predicted molar refractivity (Wildman–Crippen MR) is 87.7 cm³/mol. The maximum Gasteiger partial charge on any atom is 0.189 e. The second-order valence-corrected chi connectivity index (χ2v) is 7.60. The van der Waals surface area contributed by atoms with Gasteiger partial charge in [-0.2, -0.15) is 0 Å². The zero-order valence-electron chi connectivity index (χ0n) is 12.1. The minimum atomic E-state index is 0.364. The third-order valence-electron chi connectivity index (χ3n) is 5.81. The fourth-order valence-electron chi connectivity index (χ4n) is 4.52. The largest absolute Gasteiger partial charge is 0.362 e. The molecule has 0 radical (unpaired) electrons. The van der Waals surface area contributed by atoms with Crippen LogP contribution in [0.25, 0.3) is 11.0 Å². The maximum atomic E-state index is 6.21. The van der Waals surface area contributed by atoms with Gasteiger partial charge in [0.15, 0.2) is 11.4 Å². The summed E-state index contributed by atoms with van der Waals surface area (Å²) >= 11 is 12.3. The normalized spacial score (nSPS) is 31.8. The third kappa shape index (κ3) is 1.72. The minimum absolute atomic E-state index is 0.364. The summed E-state index contributed by atoms with van der Waals surface area (Å²) in [7, 11) is 0. The quantitative estimate of drug-likeness (QED) is 0.892. The van der Waals surface area contributed by atoms with E-state index in [1.807, 2.05) is 6.07 Å². The van der Waals surface area contributed by atoms with E-state index in [1.54, 1.807) is 6.07 Å². The molecule has 6 heteroatoms. The van der Waals surface area contributed by atoms with E-state index in [9.17, 15) is 0 Å². The van der Waals surface area contributed by atoms with Crippen molar-refractivity contribution in [2.45, 2.75) is 37.3 Å². The van der Waals surface area contributed by atoms with E-state index < -0.39 is 0 Å². The maximum absolute atomic E-state index is 6.21. The van der Waals surface area contributed by atoms with Crippen LogP contribution in [-0.4, -0.2) is 34.7 Å². The van der Waals surface area contributed by atoms with Crippen LogP contribution in [0.2, 0.25) is 10.0 Å². The molecule has 4 heterocycles. The number of aromatic nitrogens is 1. The molecule has 2 bridgehead atoms. The van der Waals surface area contributed by atoms with Gasteiger partial charge in [-0.05, 0) is 56.8 Å². The van der Waals surface area contributed by atoms with Crippen molar-refractivity contribution in [3.8, 4) is 0 Å². The molecule has 1 aliphatic carbocycles. The number of anilines is 1. The van der Waals surface area contributed by atoms with Crippen LogP contribution in [-0.2, 0) is 0 Å². The monoisotopic (exact) mass is 337 g/mol. The Balaban J connectivity index is 1.53. The first-order chi connectivity index (χ1) is 10.7. The van der Waals surface area contributed by atoms with Crippen molar-refractivity contribution in [1.29, 1.82) is 0 Å². The van der Waals surface area contributed by atoms with E-state index in [1.165, 1.54) is 38.8 Å². The average Bonchev–Trinajstić information content (AvgIpc) is 3.21. The summed E-state index contributed by atoms with van der Waals surface area (Å²) in [5, 5.41) is 9.76. The van der Waals surface area contributed by atoms with Crippen LogP contribution < -0.4 is 5.32 Å². The molecule has 4 aliphatic rings. The Morgan fingerprint density at radius 1 is 1.23 bits per heavy atom. The molecular formula is C16H17Cl2N3O. The fraction of sp³-hybridized carbons (Fsp3) is 0.562. The highest BCUT2D eigenvalue weighted by molar-refractivity contribution is 6.45. The van der Waals surface area contributed by atoms with Gasteiger partial charge in [0.1, 0.15) is 5.02 Å². The highest BCUT2D eigenvalue weighted by atomic mass is 35.5. The van der Waals surface area contributed by atoms with Crippen molar-refractivity contribution in [2.24, 2.45) is 5.92 Å².